The van der Waals surface area contributed by atoms with Crippen LogP contribution in [0.2, 0.25) is 0 Å². The minimum absolute atomic E-state index is 0.488. The third-order valence-corrected chi connectivity index (χ3v) is 4.26. The predicted molar refractivity (Wildman–Crippen MR) is 89.0 cm³/mol. The molecule has 2 rings (SSSR count). The van der Waals surface area contributed by atoms with Crippen molar-refractivity contribution in [2.75, 3.05) is 7.11 Å². The molecule has 0 fully saturated rings. The van der Waals surface area contributed by atoms with Crippen molar-refractivity contribution in [3.8, 4) is 5.75 Å². The van der Waals surface area contributed by atoms with Crippen molar-refractivity contribution in [2.45, 2.75) is 18.4 Å². The monoisotopic (exact) mass is 302 g/mol. The second kappa shape index (κ2) is 7.55. The summed E-state index contributed by atoms with van der Waals surface area (Å²) in [4.78, 5) is 0. The average molecular weight is 302 g/mol. The van der Waals surface area contributed by atoms with Gasteiger partial charge in [0, 0.05) is 17.1 Å². The summed E-state index contributed by atoms with van der Waals surface area (Å²) in [7, 11) is 0.176. The van der Waals surface area contributed by atoms with Crippen LogP contribution >= 0.6 is 11.8 Å². The van der Waals surface area contributed by atoms with Gasteiger partial charge in [-0.05, 0) is 24.0 Å². The molecule has 0 unspecified atom stereocenters. The summed E-state index contributed by atoms with van der Waals surface area (Å²) in [5, 5.41) is 18.5. The van der Waals surface area contributed by atoms with Gasteiger partial charge in [-0.25, -0.2) is 0 Å². The highest BCUT2D eigenvalue weighted by atomic mass is 32.2. The molecule has 0 heterocycles. The van der Waals surface area contributed by atoms with Crippen LogP contribution in [0.4, 0.5) is 0 Å². The van der Waals surface area contributed by atoms with Crippen LogP contribution in [0.1, 0.15) is 16.7 Å². The van der Waals surface area contributed by atoms with Gasteiger partial charge in [0.1, 0.15) is 5.75 Å². The molecule has 0 bridgehead atoms. The molecule has 5 heteroatoms. The van der Waals surface area contributed by atoms with Gasteiger partial charge in [0.25, 0.3) is 0 Å². The number of benzene rings is 2. The lowest BCUT2D eigenvalue weighted by atomic mass is 9.79. The molecule has 2 N–H and O–H groups in total. The van der Waals surface area contributed by atoms with E-state index in [9.17, 15) is 10.0 Å². The molecule has 0 atom stereocenters. The molecule has 3 nitrogen and oxygen atoms in total. The Bertz CT molecular complexity index is 602. The van der Waals surface area contributed by atoms with Crippen molar-refractivity contribution in [1.29, 1.82) is 0 Å². The van der Waals surface area contributed by atoms with E-state index in [0.717, 1.165) is 22.8 Å². The SMILES string of the molecule is COc1ccc(B(O)O)cc1CSCc1cccc(C)c1. The summed E-state index contributed by atoms with van der Waals surface area (Å²) in [5.41, 5.74) is 4.01. The van der Waals surface area contributed by atoms with Crippen LogP contribution in [0.25, 0.3) is 0 Å². The average Bonchev–Trinajstić information content (AvgIpc) is 2.47. The summed E-state index contributed by atoms with van der Waals surface area (Å²) < 4.78 is 5.33. The van der Waals surface area contributed by atoms with Crippen LogP contribution in [0.3, 0.4) is 0 Å². The Kier molecular flexibility index (Phi) is 5.73. The second-order valence-electron chi connectivity index (χ2n) is 4.93. The second-order valence-corrected chi connectivity index (χ2v) is 5.91. The number of hydrogen-bond acceptors (Lipinski definition) is 4. The van der Waals surface area contributed by atoms with Crippen molar-refractivity contribution in [2.24, 2.45) is 0 Å². The fraction of sp³-hybridized carbons (Fsp3) is 0.250. The van der Waals surface area contributed by atoms with Crippen molar-refractivity contribution >= 4 is 24.3 Å². The van der Waals surface area contributed by atoms with E-state index >= 15 is 0 Å². The maximum Gasteiger partial charge on any atom is 0.488 e. The first-order chi connectivity index (χ1) is 10.1. The fourth-order valence-corrected chi connectivity index (χ4v) is 3.12. The molecule has 0 aliphatic rings. The van der Waals surface area contributed by atoms with Gasteiger partial charge < -0.3 is 14.8 Å². The number of rotatable bonds is 6. The highest BCUT2D eigenvalue weighted by Crippen LogP contribution is 2.24. The Morgan fingerprint density at radius 2 is 1.90 bits per heavy atom. The summed E-state index contributed by atoms with van der Waals surface area (Å²) in [6.07, 6.45) is 0. The first-order valence-corrected chi connectivity index (χ1v) is 7.92. The zero-order chi connectivity index (χ0) is 15.2. The van der Waals surface area contributed by atoms with Gasteiger partial charge in [-0.2, -0.15) is 11.8 Å². The zero-order valence-corrected chi connectivity index (χ0v) is 13.1. The van der Waals surface area contributed by atoms with Gasteiger partial charge in [0.05, 0.1) is 7.11 Å². The Hall–Kier alpha value is -1.43. The van der Waals surface area contributed by atoms with Gasteiger partial charge in [-0.3, -0.25) is 0 Å². The van der Waals surface area contributed by atoms with E-state index < -0.39 is 7.12 Å². The number of ether oxygens (including phenoxy) is 1. The van der Waals surface area contributed by atoms with Crippen LogP contribution < -0.4 is 10.2 Å². The van der Waals surface area contributed by atoms with Crippen molar-refractivity contribution in [1.82, 2.24) is 0 Å². The predicted octanol–water partition coefficient (Wildman–Crippen LogP) is 2.12. The third-order valence-electron chi connectivity index (χ3n) is 3.21. The summed E-state index contributed by atoms with van der Waals surface area (Å²) >= 11 is 1.77. The number of hydrogen-bond donors (Lipinski definition) is 2. The Morgan fingerprint density at radius 1 is 1.10 bits per heavy atom. The number of methoxy groups -OCH3 is 1. The molecular weight excluding hydrogens is 283 g/mol. The standard InChI is InChI=1S/C16H19BO3S/c1-12-4-3-5-13(8-12)10-21-11-14-9-15(17(18)19)6-7-16(14)20-2/h3-9,18-19H,10-11H2,1-2H3. The molecule has 110 valence electrons. The van der Waals surface area contributed by atoms with Crippen LogP contribution in [0.5, 0.6) is 5.75 Å². The minimum Gasteiger partial charge on any atom is -0.496 e. The lowest BCUT2D eigenvalue weighted by Gasteiger charge is -2.10. The highest BCUT2D eigenvalue weighted by Gasteiger charge is 2.13. The Morgan fingerprint density at radius 3 is 2.57 bits per heavy atom. The van der Waals surface area contributed by atoms with Crippen LogP contribution in [-0.2, 0) is 11.5 Å². The smallest absolute Gasteiger partial charge is 0.488 e. The van der Waals surface area contributed by atoms with Crippen LogP contribution in [0, 0.1) is 6.92 Å². The minimum atomic E-state index is -1.45. The highest BCUT2D eigenvalue weighted by molar-refractivity contribution is 7.97. The Labute approximate surface area is 130 Å². The van der Waals surface area contributed by atoms with E-state index in [1.807, 2.05) is 0 Å². The molecular formula is C16H19BO3S. The maximum absolute atomic E-state index is 9.25. The number of aryl methyl sites for hydroxylation is 1. The van der Waals surface area contributed by atoms with Gasteiger partial charge in [-0.1, -0.05) is 42.0 Å². The normalized spacial score (nSPS) is 10.5. The van der Waals surface area contributed by atoms with E-state index in [-0.39, 0.29) is 0 Å². The van der Waals surface area contributed by atoms with Gasteiger partial charge in [0.15, 0.2) is 0 Å². The van der Waals surface area contributed by atoms with E-state index in [2.05, 4.69) is 31.2 Å². The first-order valence-electron chi connectivity index (χ1n) is 6.76. The van der Waals surface area contributed by atoms with E-state index in [4.69, 9.17) is 4.74 Å². The summed E-state index contributed by atoms with van der Waals surface area (Å²) in [6.45, 7) is 2.09. The Balaban J connectivity index is 2.03. The zero-order valence-electron chi connectivity index (χ0n) is 12.2. The first kappa shape index (κ1) is 16.0. The fourth-order valence-electron chi connectivity index (χ4n) is 2.15. The molecule has 0 amide bonds. The van der Waals surface area contributed by atoms with Crippen molar-refractivity contribution < 1.29 is 14.8 Å². The lowest BCUT2D eigenvalue weighted by Crippen LogP contribution is -2.30. The van der Waals surface area contributed by atoms with Crippen molar-refractivity contribution in [3.63, 3.8) is 0 Å². The van der Waals surface area contributed by atoms with E-state index in [1.54, 1.807) is 37.1 Å². The molecule has 0 aromatic heterocycles. The molecule has 0 radical (unpaired) electrons. The third kappa shape index (κ3) is 4.53. The molecule has 0 aliphatic heterocycles. The largest absolute Gasteiger partial charge is 0.496 e. The lowest BCUT2D eigenvalue weighted by molar-refractivity contribution is 0.410. The maximum atomic E-state index is 9.25. The van der Waals surface area contributed by atoms with Gasteiger partial charge in [0.2, 0.25) is 0 Å². The van der Waals surface area contributed by atoms with Crippen molar-refractivity contribution in [3.05, 3.63) is 59.2 Å². The van der Waals surface area contributed by atoms with Gasteiger partial charge in [-0.15, -0.1) is 0 Å². The summed E-state index contributed by atoms with van der Waals surface area (Å²) in [6, 6.07) is 13.7. The van der Waals surface area contributed by atoms with Crippen LogP contribution in [-0.4, -0.2) is 24.3 Å². The summed E-state index contributed by atoms with van der Waals surface area (Å²) in [5.74, 6) is 2.45. The van der Waals surface area contributed by atoms with E-state index in [0.29, 0.717) is 5.46 Å². The van der Waals surface area contributed by atoms with Gasteiger partial charge >= 0.3 is 7.12 Å². The quantitative estimate of drug-likeness (QED) is 0.803. The van der Waals surface area contributed by atoms with Crippen LogP contribution in [0.15, 0.2) is 42.5 Å². The molecule has 2 aromatic carbocycles. The molecule has 2 aromatic rings. The topological polar surface area (TPSA) is 49.7 Å². The van der Waals surface area contributed by atoms with E-state index in [1.165, 1.54) is 11.1 Å². The molecule has 0 saturated carbocycles. The number of thioether (sulfide) groups is 1. The molecule has 0 aliphatic carbocycles. The molecule has 21 heavy (non-hydrogen) atoms. The molecule has 0 spiro atoms. The molecule has 0 saturated heterocycles.